The smallest absolute Gasteiger partial charge is 0.254 e. The summed E-state index contributed by atoms with van der Waals surface area (Å²) in [6.07, 6.45) is 1.60. The van der Waals surface area contributed by atoms with Crippen LogP contribution in [0.5, 0.6) is 5.88 Å². The highest BCUT2D eigenvalue weighted by Gasteiger charge is 2.39. The molecule has 1 amide bonds. The molecule has 0 radical (unpaired) electrons. The number of hydrogen-bond donors (Lipinski definition) is 2. The summed E-state index contributed by atoms with van der Waals surface area (Å²) in [5.74, 6) is 1.26. The van der Waals surface area contributed by atoms with E-state index in [9.17, 15) is 9.90 Å². The number of carbonyl (C=O) groups excluding carboxylic acids is 1. The predicted molar refractivity (Wildman–Crippen MR) is 147 cm³/mol. The number of benzene rings is 2. The molecule has 5 rings (SSSR count). The first kappa shape index (κ1) is 25.5. The zero-order valence-corrected chi connectivity index (χ0v) is 22.6. The summed E-state index contributed by atoms with van der Waals surface area (Å²) in [5, 5.41) is 10.1. The normalized spacial score (nSPS) is 21.7. The van der Waals surface area contributed by atoms with Gasteiger partial charge in [0.1, 0.15) is 6.61 Å². The second-order valence-corrected chi connectivity index (χ2v) is 11.4. The zero-order chi connectivity index (χ0) is 26.1. The molecule has 1 aliphatic carbocycles. The van der Waals surface area contributed by atoms with E-state index in [1.807, 2.05) is 41.3 Å². The van der Waals surface area contributed by atoms with Gasteiger partial charge in [-0.3, -0.25) is 9.52 Å². The lowest BCUT2D eigenvalue weighted by Gasteiger charge is -2.45. The van der Waals surface area contributed by atoms with Crippen LogP contribution < -0.4 is 9.46 Å². The molecule has 1 aromatic heterocycles. The van der Waals surface area contributed by atoms with E-state index < -0.39 is 0 Å². The quantitative estimate of drug-likeness (QED) is 0.432. The third-order valence-corrected chi connectivity index (χ3v) is 7.83. The highest BCUT2D eigenvalue weighted by Crippen LogP contribution is 2.34. The van der Waals surface area contributed by atoms with Crippen molar-refractivity contribution in [3.8, 4) is 17.1 Å². The molecule has 37 heavy (non-hydrogen) atoms. The predicted octanol–water partition coefficient (Wildman–Crippen LogP) is 5.65. The Hall–Kier alpha value is -3.10. The number of amides is 1. The second-order valence-electron chi connectivity index (χ2n) is 10.5. The topological polar surface area (TPSA) is 87.6 Å². The van der Waals surface area contributed by atoms with Crippen molar-refractivity contribution in [1.82, 2.24) is 14.9 Å². The molecule has 8 heteroatoms. The van der Waals surface area contributed by atoms with Crippen LogP contribution in [-0.2, 0) is 0 Å². The standard InChI is InChI=1S/C29H34N4O3S/c1-17(2)11-22-16-36-26-15-25(27-18(3)7-5-8-19(27)4)30-29(31-26)32-37-24-10-6-9-20(12-24)28(35)33(22)21-13-23(34)14-21/h5-10,12,15,17,21-23,34H,11,13-14,16H2,1-4H3,(H,30,31,32). The summed E-state index contributed by atoms with van der Waals surface area (Å²) in [7, 11) is 0. The van der Waals surface area contributed by atoms with Gasteiger partial charge in [0.15, 0.2) is 0 Å². The van der Waals surface area contributed by atoms with Gasteiger partial charge < -0.3 is 14.7 Å². The van der Waals surface area contributed by atoms with Crippen molar-refractivity contribution in [2.45, 2.75) is 70.0 Å². The minimum atomic E-state index is -0.363. The molecule has 4 bridgehead atoms. The SMILES string of the molecule is Cc1cccc(C)c1-c1cc2nc(n1)NSc1cccc(c1)C(=O)N(C1CC(O)C1)C(CC(C)C)CO2. The van der Waals surface area contributed by atoms with Crippen molar-refractivity contribution in [3.05, 3.63) is 65.2 Å². The number of aliphatic hydroxyl groups excluding tert-OH is 1. The summed E-state index contributed by atoms with van der Waals surface area (Å²) in [6.45, 7) is 8.78. The zero-order valence-electron chi connectivity index (χ0n) is 21.8. The lowest BCUT2D eigenvalue weighted by Crippen LogP contribution is -2.56. The summed E-state index contributed by atoms with van der Waals surface area (Å²) in [6, 6.07) is 15.5. The van der Waals surface area contributed by atoms with Gasteiger partial charge in [0.2, 0.25) is 11.8 Å². The van der Waals surface area contributed by atoms with Crippen LogP contribution in [0.3, 0.4) is 0 Å². The van der Waals surface area contributed by atoms with Crippen molar-refractivity contribution in [2.75, 3.05) is 11.3 Å². The number of aromatic nitrogens is 2. The Morgan fingerprint density at radius 1 is 1.11 bits per heavy atom. The number of hydrogen-bond acceptors (Lipinski definition) is 7. The Labute approximate surface area is 222 Å². The van der Waals surface area contributed by atoms with E-state index in [0.29, 0.717) is 42.8 Å². The maximum absolute atomic E-state index is 13.9. The van der Waals surface area contributed by atoms with Crippen molar-refractivity contribution in [1.29, 1.82) is 0 Å². The van der Waals surface area contributed by atoms with Crippen molar-refractivity contribution in [3.63, 3.8) is 0 Å². The summed E-state index contributed by atoms with van der Waals surface area (Å²) in [5.41, 5.74) is 4.75. The molecule has 1 unspecified atom stereocenters. The molecule has 1 aliphatic heterocycles. The largest absolute Gasteiger partial charge is 0.475 e. The Kier molecular flexibility index (Phi) is 7.40. The van der Waals surface area contributed by atoms with Crippen molar-refractivity contribution >= 4 is 23.8 Å². The Morgan fingerprint density at radius 3 is 2.54 bits per heavy atom. The van der Waals surface area contributed by atoms with Crippen LogP contribution in [0.2, 0.25) is 0 Å². The van der Waals surface area contributed by atoms with Gasteiger partial charge in [-0.15, -0.1) is 0 Å². The summed E-state index contributed by atoms with van der Waals surface area (Å²) >= 11 is 1.37. The molecule has 1 atom stereocenters. The molecule has 0 saturated heterocycles. The fourth-order valence-corrected chi connectivity index (χ4v) is 5.87. The molecule has 1 saturated carbocycles. The van der Waals surface area contributed by atoms with E-state index in [1.165, 1.54) is 11.9 Å². The average molecular weight is 519 g/mol. The van der Waals surface area contributed by atoms with Gasteiger partial charge in [0.05, 0.1) is 17.8 Å². The highest BCUT2D eigenvalue weighted by atomic mass is 32.2. The van der Waals surface area contributed by atoms with E-state index in [1.54, 1.807) is 0 Å². The van der Waals surface area contributed by atoms with Gasteiger partial charge in [-0.25, -0.2) is 4.98 Å². The van der Waals surface area contributed by atoms with E-state index >= 15 is 0 Å². The number of anilines is 1. The first-order valence-corrected chi connectivity index (χ1v) is 13.7. The molecule has 3 aromatic rings. The molecule has 2 heterocycles. The van der Waals surface area contributed by atoms with Crippen LogP contribution >= 0.6 is 11.9 Å². The summed E-state index contributed by atoms with van der Waals surface area (Å²) in [4.78, 5) is 26.2. The van der Waals surface area contributed by atoms with Crippen LogP contribution in [0, 0.1) is 19.8 Å². The fraction of sp³-hybridized carbons (Fsp3) is 0.414. The highest BCUT2D eigenvalue weighted by molar-refractivity contribution is 8.00. The maximum atomic E-state index is 13.9. The van der Waals surface area contributed by atoms with E-state index in [2.05, 4.69) is 49.5 Å². The number of carbonyl (C=O) groups is 1. The molecule has 2 N–H and O–H groups in total. The second kappa shape index (κ2) is 10.7. The van der Waals surface area contributed by atoms with Gasteiger partial charge in [-0.05, 0) is 80.3 Å². The number of nitrogens with zero attached hydrogens (tertiary/aromatic N) is 3. The number of rotatable bonds is 4. The van der Waals surface area contributed by atoms with Crippen LogP contribution in [0.15, 0.2) is 53.4 Å². The first-order valence-electron chi connectivity index (χ1n) is 12.9. The van der Waals surface area contributed by atoms with Crippen molar-refractivity contribution in [2.24, 2.45) is 5.92 Å². The number of aliphatic hydroxyl groups is 1. The van der Waals surface area contributed by atoms with E-state index in [0.717, 1.165) is 33.7 Å². The molecular formula is C29H34N4O3S. The van der Waals surface area contributed by atoms with Gasteiger partial charge >= 0.3 is 0 Å². The van der Waals surface area contributed by atoms with Crippen LogP contribution in [0.25, 0.3) is 11.3 Å². The van der Waals surface area contributed by atoms with Gasteiger partial charge in [0, 0.05) is 28.1 Å². The number of nitrogens with one attached hydrogen (secondary N) is 1. The van der Waals surface area contributed by atoms with Crippen LogP contribution in [0.4, 0.5) is 5.95 Å². The number of ether oxygens (including phenoxy) is 1. The minimum Gasteiger partial charge on any atom is -0.475 e. The molecule has 7 nitrogen and oxygen atoms in total. The van der Waals surface area contributed by atoms with Crippen LogP contribution in [0.1, 0.15) is 54.6 Å². The van der Waals surface area contributed by atoms with Gasteiger partial charge in [0.25, 0.3) is 5.91 Å². The van der Waals surface area contributed by atoms with Crippen LogP contribution in [-0.4, -0.2) is 50.7 Å². The first-order chi connectivity index (χ1) is 17.8. The van der Waals surface area contributed by atoms with Gasteiger partial charge in [-0.2, -0.15) is 4.98 Å². The Balaban J connectivity index is 1.58. The third kappa shape index (κ3) is 5.60. The molecule has 0 spiro atoms. The lowest BCUT2D eigenvalue weighted by atomic mass is 9.85. The maximum Gasteiger partial charge on any atom is 0.254 e. The van der Waals surface area contributed by atoms with E-state index in [4.69, 9.17) is 9.72 Å². The average Bonchev–Trinajstić information content (AvgIpc) is 2.84. The van der Waals surface area contributed by atoms with Crippen molar-refractivity contribution < 1.29 is 14.6 Å². The summed E-state index contributed by atoms with van der Waals surface area (Å²) < 4.78 is 9.60. The molecule has 194 valence electrons. The third-order valence-electron chi connectivity index (χ3n) is 7.06. The molecular weight excluding hydrogens is 484 g/mol. The molecule has 1 fully saturated rings. The lowest BCUT2D eigenvalue weighted by molar-refractivity contribution is -0.0195. The monoisotopic (exact) mass is 518 g/mol. The molecule has 2 aromatic carbocycles. The molecule has 2 aliphatic rings. The number of aryl methyl sites for hydroxylation is 2. The Bertz CT molecular complexity index is 1270. The van der Waals surface area contributed by atoms with E-state index in [-0.39, 0.29) is 24.1 Å². The van der Waals surface area contributed by atoms with Gasteiger partial charge in [-0.1, -0.05) is 38.1 Å². The Morgan fingerprint density at radius 2 is 1.84 bits per heavy atom. The minimum absolute atomic E-state index is 0.0134. The fourth-order valence-electron chi connectivity index (χ4n) is 5.24. The number of fused-ring (bicyclic) bond motifs is 4.